The standard InChI is InChI=1S/C25H24N4O5/c30-23(26-18-4-1-5-19(15-18)28-11-2-6-24(28)31)16-29-25(32)10-8-20(27-29)17-7-9-21-22(14-17)34-13-3-12-33-21/h1,4-5,7-10,14-15H,2-3,6,11-13,16H2,(H,26,30). The van der Waals surface area contributed by atoms with E-state index in [-0.39, 0.29) is 18.0 Å². The molecule has 2 aromatic carbocycles. The minimum Gasteiger partial charge on any atom is -0.490 e. The molecule has 174 valence electrons. The normalized spacial score (nSPS) is 15.2. The van der Waals surface area contributed by atoms with E-state index in [4.69, 9.17) is 9.47 Å². The van der Waals surface area contributed by atoms with Crippen LogP contribution in [0.5, 0.6) is 11.5 Å². The Morgan fingerprint density at radius 3 is 2.65 bits per heavy atom. The summed E-state index contributed by atoms with van der Waals surface area (Å²) in [5.41, 5.74) is 2.20. The molecule has 0 spiro atoms. The molecule has 2 aliphatic heterocycles. The van der Waals surface area contributed by atoms with Crippen LogP contribution in [0.15, 0.2) is 59.4 Å². The van der Waals surface area contributed by atoms with E-state index in [1.165, 1.54) is 6.07 Å². The first-order valence-electron chi connectivity index (χ1n) is 11.3. The van der Waals surface area contributed by atoms with Crippen LogP contribution in [-0.2, 0) is 16.1 Å². The SMILES string of the molecule is O=C(Cn1nc(-c2ccc3c(c2)OCCCO3)ccc1=O)Nc1cccc(N2CCCC2=O)c1. The van der Waals surface area contributed by atoms with E-state index in [1.54, 1.807) is 29.2 Å². The van der Waals surface area contributed by atoms with E-state index in [0.717, 1.165) is 28.8 Å². The van der Waals surface area contributed by atoms with Crippen LogP contribution in [0, 0.1) is 0 Å². The summed E-state index contributed by atoms with van der Waals surface area (Å²) in [4.78, 5) is 38.8. The fourth-order valence-corrected chi connectivity index (χ4v) is 4.05. The van der Waals surface area contributed by atoms with Crippen LogP contribution in [0.2, 0.25) is 0 Å². The Hall–Kier alpha value is -4.14. The van der Waals surface area contributed by atoms with Crippen molar-refractivity contribution in [2.45, 2.75) is 25.8 Å². The van der Waals surface area contributed by atoms with Crippen LogP contribution in [0.4, 0.5) is 11.4 Å². The average molecular weight is 460 g/mol. The fourth-order valence-electron chi connectivity index (χ4n) is 4.05. The van der Waals surface area contributed by atoms with Gasteiger partial charge in [0.25, 0.3) is 5.56 Å². The number of carbonyl (C=O) groups is 2. The molecule has 9 nitrogen and oxygen atoms in total. The predicted molar refractivity (Wildman–Crippen MR) is 126 cm³/mol. The highest BCUT2D eigenvalue weighted by molar-refractivity contribution is 5.97. The van der Waals surface area contributed by atoms with Gasteiger partial charge in [-0.25, -0.2) is 4.68 Å². The van der Waals surface area contributed by atoms with Crippen molar-refractivity contribution in [3.05, 3.63) is 65.0 Å². The monoisotopic (exact) mass is 460 g/mol. The van der Waals surface area contributed by atoms with E-state index in [1.807, 2.05) is 24.3 Å². The maximum Gasteiger partial charge on any atom is 0.267 e. The second-order valence-corrected chi connectivity index (χ2v) is 8.17. The Bertz CT molecular complexity index is 1300. The Balaban J connectivity index is 1.32. The van der Waals surface area contributed by atoms with Gasteiger partial charge >= 0.3 is 0 Å². The number of nitrogens with one attached hydrogen (secondary N) is 1. The number of rotatable bonds is 5. The molecular formula is C25H24N4O5. The van der Waals surface area contributed by atoms with Gasteiger partial charge in [-0.1, -0.05) is 6.07 Å². The number of ether oxygens (including phenoxy) is 2. The number of carbonyl (C=O) groups excluding carboxylic acids is 2. The molecule has 2 aliphatic rings. The number of nitrogens with zero attached hydrogens (tertiary/aromatic N) is 3. The van der Waals surface area contributed by atoms with Crippen molar-refractivity contribution >= 4 is 23.2 Å². The maximum absolute atomic E-state index is 12.7. The molecule has 1 fully saturated rings. The number of amides is 2. The summed E-state index contributed by atoms with van der Waals surface area (Å²) in [6, 6.07) is 15.6. The van der Waals surface area contributed by atoms with Gasteiger partial charge in [-0.2, -0.15) is 5.10 Å². The molecule has 0 radical (unpaired) electrons. The van der Waals surface area contributed by atoms with Crippen molar-refractivity contribution in [1.82, 2.24) is 9.78 Å². The minimum atomic E-state index is -0.393. The van der Waals surface area contributed by atoms with Gasteiger partial charge in [0.2, 0.25) is 11.8 Å². The maximum atomic E-state index is 12.7. The lowest BCUT2D eigenvalue weighted by Crippen LogP contribution is -2.29. The van der Waals surface area contributed by atoms with Gasteiger partial charge in [-0.15, -0.1) is 0 Å². The third-order valence-electron chi connectivity index (χ3n) is 5.72. The number of fused-ring (bicyclic) bond motifs is 1. The van der Waals surface area contributed by atoms with Crippen LogP contribution in [0.25, 0.3) is 11.3 Å². The molecule has 0 unspecified atom stereocenters. The van der Waals surface area contributed by atoms with Gasteiger partial charge < -0.3 is 19.7 Å². The Kier molecular flexibility index (Phi) is 5.99. The lowest BCUT2D eigenvalue weighted by molar-refractivity contribution is -0.117. The van der Waals surface area contributed by atoms with Crippen LogP contribution < -0.4 is 25.2 Å². The zero-order valence-corrected chi connectivity index (χ0v) is 18.5. The zero-order valence-electron chi connectivity index (χ0n) is 18.5. The summed E-state index contributed by atoms with van der Waals surface area (Å²) in [5, 5.41) is 7.17. The van der Waals surface area contributed by atoms with E-state index in [9.17, 15) is 14.4 Å². The summed E-state index contributed by atoms with van der Waals surface area (Å²) in [5.74, 6) is 0.983. The second-order valence-electron chi connectivity index (χ2n) is 8.17. The quantitative estimate of drug-likeness (QED) is 0.628. The smallest absolute Gasteiger partial charge is 0.267 e. The third-order valence-corrected chi connectivity index (χ3v) is 5.72. The molecule has 2 amide bonds. The topological polar surface area (TPSA) is 103 Å². The fraction of sp³-hybridized carbons (Fsp3) is 0.280. The van der Waals surface area contributed by atoms with Gasteiger partial charge in [0.05, 0.1) is 18.9 Å². The highest BCUT2D eigenvalue weighted by Crippen LogP contribution is 2.33. The molecule has 34 heavy (non-hydrogen) atoms. The highest BCUT2D eigenvalue weighted by Gasteiger charge is 2.22. The van der Waals surface area contributed by atoms with Crippen LogP contribution in [-0.4, -0.2) is 41.4 Å². The number of aromatic nitrogens is 2. The number of hydrogen-bond donors (Lipinski definition) is 1. The zero-order chi connectivity index (χ0) is 23.5. The Labute approximate surface area is 195 Å². The van der Waals surface area contributed by atoms with Crippen molar-refractivity contribution in [3.63, 3.8) is 0 Å². The molecule has 0 saturated carbocycles. The summed E-state index contributed by atoms with van der Waals surface area (Å²) in [6.45, 7) is 1.59. The van der Waals surface area contributed by atoms with Crippen LogP contribution >= 0.6 is 0 Å². The van der Waals surface area contributed by atoms with Crippen molar-refractivity contribution < 1.29 is 19.1 Å². The molecule has 0 bridgehead atoms. The largest absolute Gasteiger partial charge is 0.490 e. The number of hydrogen-bond acceptors (Lipinski definition) is 6. The van der Waals surface area contributed by atoms with Gasteiger partial charge in [0, 0.05) is 42.4 Å². The highest BCUT2D eigenvalue weighted by atomic mass is 16.5. The molecule has 1 N–H and O–H groups in total. The summed E-state index contributed by atoms with van der Waals surface area (Å²) in [7, 11) is 0. The summed E-state index contributed by atoms with van der Waals surface area (Å²) < 4.78 is 12.5. The molecular weight excluding hydrogens is 436 g/mol. The lowest BCUT2D eigenvalue weighted by Gasteiger charge is -2.17. The second kappa shape index (κ2) is 9.38. The molecule has 1 saturated heterocycles. The Morgan fingerprint density at radius 1 is 0.971 bits per heavy atom. The first-order chi connectivity index (χ1) is 16.6. The summed E-state index contributed by atoms with van der Waals surface area (Å²) in [6.07, 6.45) is 2.16. The first-order valence-corrected chi connectivity index (χ1v) is 11.3. The summed E-state index contributed by atoms with van der Waals surface area (Å²) >= 11 is 0. The van der Waals surface area contributed by atoms with Crippen LogP contribution in [0.1, 0.15) is 19.3 Å². The lowest BCUT2D eigenvalue weighted by atomic mass is 10.1. The molecule has 9 heteroatoms. The third kappa shape index (κ3) is 4.63. The van der Waals surface area contributed by atoms with Gasteiger partial charge in [0.1, 0.15) is 6.54 Å². The molecule has 3 heterocycles. The average Bonchev–Trinajstić information content (AvgIpc) is 3.12. The number of anilines is 2. The van der Waals surface area contributed by atoms with Crippen molar-refractivity contribution in [3.8, 4) is 22.8 Å². The molecule has 1 aromatic heterocycles. The van der Waals surface area contributed by atoms with Crippen molar-refractivity contribution in [2.75, 3.05) is 30.0 Å². The van der Waals surface area contributed by atoms with E-state index >= 15 is 0 Å². The molecule has 0 aliphatic carbocycles. The Morgan fingerprint density at radius 2 is 1.82 bits per heavy atom. The molecule has 0 atom stereocenters. The van der Waals surface area contributed by atoms with E-state index < -0.39 is 5.91 Å². The number of benzene rings is 2. The first kappa shape index (κ1) is 21.7. The molecule has 3 aromatic rings. The van der Waals surface area contributed by atoms with E-state index in [2.05, 4.69) is 10.4 Å². The van der Waals surface area contributed by atoms with Crippen molar-refractivity contribution in [1.29, 1.82) is 0 Å². The van der Waals surface area contributed by atoms with E-state index in [0.29, 0.717) is 49.1 Å². The predicted octanol–water partition coefficient (Wildman–Crippen LogP) is 2.84. The van der Waals surface area contributed by atoms with Gasteiger partial charge in [-0.05, 0) is 48.9 Å². The van der Waals surface area contributed by atoms with Gasteiger partial charge in [-0.3, -0.25) is 14.4 Å². The minimum absolute atomic E-state index is 0.0748. The van der Waals surface area contributed by atoms with Crippen LogP contribution in [0.3, 0.4) is 0 Å². The van der Waals surface area contributed by atoms with Crippen molar-refractivity contribution in [2.24, 2.45) is 0 Å². The molecule has 5 rings (SSSR count). The van der Waals surface area contributed by atoms with Gasteiger partial charge in [0.15, 0.2) is 11.5 Å².